The summed E-state index contributed by atoms with van der Waals surface area (Å²) in [6, 6.07) is 2.26. The summed E-state index contributed by atoms with van der Waals surface area (Å²) in [6.07, 6.45) is 6.56. The molecule has 2 rings (SSSR count). The summed E-state index contributed by atoms with van der Waals surface area (Å²) in [6.45, 7) is -0.372. The fraction of sp³-hybridized carbons (Fsp3) is 0.615. The standard InChI is InChI=1S/C13H19N3O4/c17-12(18)8-15(9-13(19)20)7-10-5-6-16(14-10)11-3-1-2-4-11/h5-6,11H,1-4,7-9H2,(H,17,18)(H,19,20). The van der Waals surface area contributed by atoms with Crippen LogP contribution in [-0.4, -0.2) is 49.9 Å². The van der Waals surface area contributed by atoms with Gasteiger partial charge in [-0.15, -0.1) is 0 Å². The third-order valence-electron chi connectivity index (χ3n) is 3.47. The third-order valence-corrected chi connectivity index (χ3v) is 3.47. The van der Waals surface area contributed by atoms with Gasteiger partial charge in [0.15, 0.2) is 0 Å². The highest BCUT2D eigenvalue weighted by molar-refractivity contribution is 5.72. The first-order valence-electron chi connectivity index (χ1n) is 6.74. The van der Waals surface area contributed by atoms with Gasteiger partial charge in [0.2, 0.25) is 0 Å². The molecule has 0 radical (unpaired) electrons. The number of rotatable bonds is 7. The van der Waals surface area contributed by atoms with E-state index in [9.17, 15) is 9.59 Å². The molecule has 0 unspecified atom stereocenters. The summed E-state index contributed by atoms with van der Waals surface area (Å²) in [5, 5.41) is 22.0. The number of aliphatic carboxylic acids is 2. The lowest BCUT2D eigenvalue weighted by molar-refractivity contribution is -0.142. The lowest BCUT2D eigenvalue weighted by Gasteiger charge is -2.16. The second kappa shape index (κ2) is 6.51. The number of aromatic nitrogens is 2. The molecule has 0 aliphatic heterocycles. The van der Waals surface area contributed by atoms with E-state index in [1.54, 1.807) is 0 Å². The van der Waals surface area contributed by atoms with Gasteiger partial charge in [0.05, 0.1) is 24.8 Å². The third kappa shape index (κ3) is 4.06. The first-order chi connectivity index (χ1) is 9.54. The highest BCUT2D eigenvalue weighted by atomic mass is 16.4. The second-order valence-electron chi connectivity index (χ2n) is 5.16. The summed E-state index contributed by atoms with van der Waals surface area (Å²) in [5.74, 6) is -2.08. The highest BCUT2D eigenvalue weighted by Gasteiger charge is 2.19. The summed E-state index contributed by atoms with van der Waals surface area (Å²) in [4.78, 5) is 22.8. The van der Waals surface area contributed by atoms with Crippen LogP contribution >= 0.6 is 0 Å². The molecule has 1 aromatic heterocycles. The van der Waals surface area contributed by atoms with E-state index >= 15 is 0 Å². The molecule has 20 heavy (non-hydrogen) atoms. The molecule has 0 aromatic carbocycles. The SMILES string of the molecule is O=C(O)CN(CC(=O)O)Cc1ccn(C2CCCC2)n1. The van der Waals surface area contributed by atoms with Crippen LogP contribution in [0.5, 0.6) is 0 Å². The van der Waals surface area contributed by atoms with Gasteiger partial charge in [-0.2, -0.15) is 5.10 Å². The van der Waals surface area contributed by atoms with Crippen molar-refractivity contribution in [3.8, 4) is 0 Å². The monoisotopic (exact) mass is 281 g/mol. The number of carboxylic acids is 2. The normalized spacial score (nSPS) is 15.8. The molecule has 7 heteroatoms. The maximum absolute atomic E-state index is 10.7. The van der Waals surface area contributed by atoms with E-state index in [1.165, 1.54) is 17.7 Å². The van der Waals surface area contributed by atoms with Crippen LogP contribution in [-0.2, 0) is 16.1 Å². The fourth-order valence-electron chi connectivity index (χ4n) is 2.61. The molecule has 0 spiro atoms. The molecule has 1 aliphatic rings. The van der Waals surface area contributed by atoms with E-state index in [0.29, 0.717) is 11.7 Å². The smallest absolute Gasteiger partial charge is 0.317 e. The Bertz CT molecular complexity index is 464. The lowest BCUT2D eigenvalue weighted by atomic mass is 10.3. The van der Waals surface area contributed by atoms with Crippen LogP contribution in [0.3, 0.4) is 0 Å². The van der Waals surface area contributed by atoms with Crippen molar-refractivity contribution in [3.05, 3.63) is 18.0 Å². The van der Waals surface area contributed by atoms with Crippen molar-refractivity contribution in [1.82, 2.24) is 14.7 Å². The van der Waals surface area contributed by atoms with Crippen molar-refractivity contribution in [2.45, 2.75) is 38.3 Å². The van der Waals surface area contributed by atoms with Crippen LogP contribution in [0.2, 0.25) is 0 Å². The Hall–Kier alpha value is -1.89. The van der Waals surface area contributed by atoms with Crippen LogP contribution in [0, 0.1) is 0 Å². The molecule has 1 fully saturated rings. The Balaban J connectivity index is 1.98. The molecular weight excluding hydrogens is 262 g/mol. The topological polar surface area (TPSA) is 95.7 Å². The van der Waals surface area contributed by atoms with Gasteiger partial charge in [-0.05, 0) is 18.9 Å². The van der Waals surface area contributed by atoms with Crippen molar-refractivity contribution < 1.29 is 19.8 Å². The van der Waals surface area contributed by atoms with E-state index in [-0.39, 0.29) is 19.6 Å². The second-order valence-corrected chi connectivity index (χ2v) is 5.16. The van der Waals surface area contributed by atoms with Gasteiger partial charge in [0, 0.05) is 12.7 Å². The predicted molar refractivity (Wildman–Crippen MR) is 70.3 cm³/mol. The lowest BCUT2D eigenvalue weighted by Crippen LogP contribution is -2.34. The van der Waals surface area contributed by atoms with Crippen molar-refractivity contribution >= 4 is 11.9 Å². The molecule has 1 aromatic rings. The van der Waals surface area contributed by atoms with Gasteiger partial charge in [-0.25, -0.2) is 0 Å². The fourth-order valence-corrected chi connectivity index (χ4v) is 2.61. The van der Waals surface area contributed by atoms with Crippen LogP contribution in [0.1, 0.15) is 37.4 Å². The van der Waals surface area contributed by atoms with Crippen molar-refractivity contribution in [1.29, 1.82) is 0 Å². The van der Waals surface area contributed by atoms with Crippen LogP contribution < -0.4 is 0 Å². The van der Waals surface area contributed by atoms with E-state index in [0.717, 1.165) is 12.8 Å². The van der Waals surface area contributed by atoms with E-state index in [2.05, 4.69) is 5.10 Å². The Kier molecular flexibility index (Phi) is 4.73. The first-order valence-corrected chi connectivity index (χ1v) is 6.74. The highest BCUT2D eigenvalue weighted by Crippen LogP contribution is 2.28. The van der Waals surface area contributed by atoms with Crippen LogP contribution in [0.15, 0.2) is 12.3 Å². The van der Waals surface area contributed by atoms with Crippen LogP contribution in [0.4, 0.5) is 0 Å². The van der Waals surface area contributed by atoms with Gasteiger partial charge in [-0.3, -0.25) is 19.2 Å². The minimum Gasteiger partial charge on any atom is -0.480 e. The maximum atomic E-state index is 10.7. The van der Waals surface area contributed by atoms with E-state index in [4.69, 9.17) is 10.2 Å². The molecule has 1 heterocycles. The average Bonchev–Trinajstić information content (AvgIpc) is 2.95. The van der Waals surface area contributed by atoms with E-state index < -0.39 is 11.9 Å². The molecule has 2 N–H and O–H groups in total. The number of hydrogen-bond acceptors (Lipinski definition) is 4. The van der Waals surface area contributed by atoms with Crippen molar-refractivity contribution in [2.24, 2.45) is 0 Å². The number of carbonyl (C=O) groups is 2. The minimum atomic E-state index is -1.04. The van der Waals surface area contributed by atoms with Gasteiger partial charge in [-0.1, -0.05) is 12.8 Å². The summed E-state index contributed by atoms with van der Waals surface area (Å²) < 4.78 is 1.92. The molecule has 0 amide bonds. The largest absolute Gasteiger partial charge is 0.480 e. The summed E-state index contributed by atoms with van der Waals surface area (Å²) >= 11 is 0. The Morgan fingerprint density at radius 1 is 1.25 bits per heavy atom. The number of carboxylic acid groups (broad SMARTS) is 2. The molecule has 0 saturated heterocycles. The maximum Gasteiger partial charge on any atom is 0.317 e. The Morgan fingerprint density at radius 3 is 2.40 bits per heavy atom. The minimum absolute atomic E-state index is 0.234. The predicted octanol–water partition coefficient (Wildman–Crippen LogP) is 0.969. The quantitative estimate of drug-likeness (QED) is 0.773. The Labute approximate surface area is 116 Å². The molecule has 0 bridgehead atoms. The first kappa shape index (κ1) is 14.5. The molecule has 110 valence electrons. The summed E-state index contributed by atoms with van der Waals surface area (Å²) in [7, 11) is 0. The zero-order valence-corrected chi connectivity index (χ0v) is 11.2. The van der Waals surface area contributed by atoms with E-state index in [1.807, 2.05) is 16.9 Å². The van der Waals surface area contributed by atoms with Crippen molar-refractivity contribution in [2.75, 3.05) is 13.1 Å². The number of nitrogens with zero attached hydrogens (tertiary/aromatic N) is 3. The summed E-state index contributed by atoms with van der Waals surface area (Å²) in [5.41, 5.74) is 0.708. The van der Waals surface area contributed by atoms with Gasteiger partial charge < -0.3 is 10.2 Å². The molecular formula is C13H19N3O4. The van der Waals surface area contributed by atoms with Crippen LogP contribution in [0.25, 0.3) is 0 Å². The zero-order valence-electron chi connectivity index (χ0n) is 11.2. The van der Waals surface area contributed by atoms with Gasteiger partial charge in [0.25, 0.3) is 0 Å². The van der Waals surface area contributed by atoms with Gasteiger partial charge >= 0.3 is 11.9 Å². The Morgan fingerprint density at radius 2 is 1.85 bits per heavy atom. The van der Waals surface area contributed by atoms with Gasteiger partial charge in [0.1, 0.15) is 0 Å². The number of hydrogen-bond donors (Lipinski definition) is 2. The zero-order chi connectivity index (χ0) is 14.5. The molecule has 1 aliphatic carbocycles. The molecule has 0 atom stereocenters. The molecule has 7 nitrogen and oxygen atoms in total. The molecule has 1 saturated carbocycles. The average molecular weight is 281 g/mol. The van der Waals surface area contributed by atoms with Crippen molar-refractivity contribution in [3.63, 3.8) is 0 Å².